The number of fused-ring (bicyclic) bond motifs is 1. The fourth-order valence-corrected chi connectivity index (χ4v) is 4.29. The van der Waals surface area contributed by atoms with Gasteiger partial charge in [-0.05, 0) is 72.4 Å². The van der Waals surface area contributed by atoms with Crippen molar-refractivity contribution >= 4 is 0 Å². The van der Waals surface area contributed by atoms with E-state index < -0.39 is 23.7 Å². The van der Waals surface area contributed by atoms with Crippen LogP contribution >= 0.6 is 0 Å². The van der Waals surface area contributed by atoms with Crippen molar-refractivity contribution in [2.45, 2.75) is 77.0 Å². The maximum absolute atomic E-state index is 14.8. The molecule has 7 heteroatoms. The molecule has 0 saturated heterocycles. The Morgan fingerprint density at radius 2 is 1.71 bits per heavy atom. The molecule has 1 aliphatic rings. The van der Waals surface area contributed by atoms with Gasteiger partial charge in [-0.2, -0.15) is 0 Å². The second kappa shape index (κ2) is 9.96. The third kappa shape index (κ3) is 5.95. The summed E-state index contributed by atoms with van der Waals surface area (Å²) in [5.74, 6) is -4.81. The van der Waals surface area contributed by atoms with Gasteiger partial charge in [0.05, 0.1) is 0 Å². The third-order valence-corrected chi connectivity index (χ3v) is 5.87. The van der Waals surface area contributed by atoms with Gasteiger partial charge in [0.1, 0.15) is 5.82 Å². The van der Waals surface area contributed by atoms with Gasteiger partial charge in [0.15, 0.2) is 11.6 Å². The van der Waals surface area contributed by atoms with Gasteiger partial charge in [0.25, 0.3) is 0 Å². The maximum atomic E-state index is 14.8. The Morgan fingerprint density at radius 3 is 2.39 bits per heavy atom. The number of hydrogen-bond donors (Lipinski definition) is 0. The smallest absolute Gasteiger partial charge is 0.399 e. The van der Waals surface area contributed by atoms with Crippen LogP contribution in [0.4, 0.5) is 26.3 Å². The van der Waals surface area contributed by atoms with E-state index in [-0.39, 0.29) is 35.7 Å². The van der Waals surface area contributed by atoms with Gasteiger partial charge in [-0.3, -0.25) is 0 Å². The van der Waals surface area contributed by atoms with Crippen molar-refractivity contribution in [3.63, 3.8) is 0 Å². The van der Waals surface area contributed by atoms with Crippen LogP contribution in [0.25, 0.3) is 0 Å². The number of aryl methyl sites for hydroxylation is 1. The summed E-state index contributed by atoms with van der Waals surface area (Å²) in [6.07, 6.45) is 1.84. The Kier molecular flexibility index (Phi) is 7.55. The summed E-state index contributed by atoms with van der Waals surface area (Å²) < 4.78 is 84.1. The molecule has 0 fully saturated rings. The summed E-state index contributed by atoms with van der Waals surface area (Å²) in [6.45, 7) is 2.15. The standard InChI is InChI=1S/C24H26F6O/c1-2-3-4-5-6-7-15-8-10-18(20(25)12-15)16-9-11-19-17(13-16)14-21(26)23(22(19)27)31-24(28,29)30/h8,10,12,14,16H,2-7,9,11,13H2,1H3. The van der Waals surface area contributed by atoms with E-state index >= 15 is 0 Å². The predicted molar refractivity (Wildman–Crippen MR) is 107 cm³/mol. The summed E-state index contributed by atoms with van der Waals surface area (Å²) in [5, 5.41) is 0. The molecule has 1 atom stereocenters. The molecule has 0 heterocycles. The zero-order valence-electron chi connectivity index (χ0n) is 17.4. The molecule has 0 amide bonds. The van der Waals surface area contributed by atoms with Crippen LogP contribution in [-0.4, -0.2) is 6.36 Å². The van der Waals surface area contributed by atoms with E-state index in [1.807, 2.05) is 6.07 Å². The highest BCUT2D eigenvalue weighted by Crippen LogP contribution is 2.40. The minimum absolute atomic E-state index is 0.000933. The number of benzene rings is 2. The highest BCUT2D eigenvalue weighted by Gasteiger charge is 2.36. The Morgan fingerprint density at radius 1 is 0.968 bits per heavy atom. The number of hydrogen-bond acceptors (Lipinski definition) is 1. The van der Waals surface area contributed by atoms with Crippen LogP contribution in [0.15, 0.2) is 24.3 Å². The Bertz CT molecular complexity index is 906. The van der Waals surface area contributed by atoms with Gasteiger partial charge >= 0.3 is 6.36 Å². The maximum Gasteiger partial charge on any atom is 0.573 e. The van der Waals surface area contributed by atoms with Crippen LogP contribution in [-0.2, 0) is 19.3 Å². The topological polar surface area (TPSA) is 9.23 Å². The summed E-state index contributed by atoms with van der Waals surface area (Å²) >= 11 is 0. The number of rotatable bonds is 8. The Hall–Kier alpha value is -2.18. The van der Waals surface area contributed by atoms with Crippen LogP contribution < -0.4 is 4.74 Å². The molecule has 1 unspecified atom stereocenters. The van der Waals surface area contributed by atoms with E-state index in [0.717, 1.165) is 37.3 Å². The minimum atomic E-state index is -5.19. The minimum Gasteiger partial charge on any atom is -0.399 e. The van der Waals surface area contributed by atoms with Crippen molar-refractivity contribution in [3.8, 4) is 5.75 Å². The lowest BCUT2D eigenvalue weighted by Gasteiger charge is -2.27. The van der Waals surface area contributed by atoms with Crippen molar-refractivity contribution in [1.82, 2.24) is 0 Å². The molecule has 0 aromatic heterocycles. The number of halogens is 6. The molecule has 1 aliphatic carbocycles. The van der Waals surface area contributed by atoms with Crippen molar-refractivity contribution in [3.05, 3.63) is 64.0 Å². The molecule has 0 N–H and O–H groups in total. The second-order valence-corrected chi connectivity index (χ2v) is 8.15. The summed E-state index contributed by atoms with van der Waals surface area (Å²) in [4.78, 5) is 0. The lowest BCUT2D eigenvalue weighted by atomic mass is 9.79. The summed E-state index contributed by atoms with van der Waals surface area (Å²) in [6, 6.07) is 6.00. The van der Waals surface area contributed by atoms with E-state index in [2.05, 4.69) is 11.7 Å². The van der Waals surface area contributed by atoms with Crippen molar-refractivity contribution in [1.29, 1.82) is 0 Å². The lowest BCUT2D eigenvalue weighted by molar-refractivity contribution is -0.276. The molecule has 0 aliphatic heterocycles. The van der Waals surface area contributed by atoms with Gasteiger partial charge in [0, 0.05) is 0 Å². The normalized spacial score (nSPS) is 16.3. The van der Waals surface area contributed by atoms with Crippen LogP contribution in [0.2, 0.25) is 0 Å². The molecule has 0 spiro atoms. The van der Waals surface area contributed by atoms with Crippen molar-refractivity contribution < 1.29 is 31.1 Å². The molecule has 3 rings (SSSR count). The fourth-order valence-electron chi connectivity index (χ4n) is 4.29. The average molecular weight is 444 g/mol. The molecule has 0 radical (unpaired) electrons. The molecular weight excluding hydrogens is 418 g/mol. The predicted octanol–water partition coefficient (Wildman–Crippen LogP) is 7.79. The monoisotopic (exact) mass is 444 g/mol. The van der Waals surface area contributed by atoms with Crippen LogP contribution in [0.5, 0.6) is 5.75 Å². The largest absolute Gasteiger partial charge is 0.573 e. The van der Waals surface area contributed by atoms with Gasteiger partial charge in [-0.25, -0.2) is 13.2 Å². The fraction of sp³-hybridized carbons (Fsp3) is 0.500. The Balaban J connectivity index is 1.72. The molecule has 1 nitrogen and oxygen atoms in total. The number of alkyl halides is 3. The van der Waals surface area contributed by atoms with E-state index in [0.29, 0.717) is 12.0 Å². The molecule has 0 saturated carbocycles. The molecule has 170 valence electrons. The first kappa shape index (κ1) is 23.5. The zero-order chi connectivity index (χ0) is 22.6. The summed E-state index contributed by atoms with van der Waals surface area (Å²) in [5.41, 5.74) is 1.64. The second-order valence-electron chi connectivity index (χ2n) is 8.15. The zero-order valence-corrected chi connectivity index (χ0v) is 17.4. The van der Waals surface area contributed by atoms with Gasteiger partial charge in [0.2, 0.25) is 5.75 Å². The summed E-state index contributed by atoms with van der Waals surface area (Å²) in [7, 11) is 0. The molecule has 2 aromatic rings. The number of ether oxygens (including phenoxy) is 1. The first-order valence-electron chi connectivity index (χ1n) is 10.7. The third-order valence-electron chi connectivity index (χ3n) is 5.87. The van der Waals surface area contributed by atoms with Crippen LogP contribution in [0.3, 0.4) is 0 Å². The van der Waals surface area contributed by atoms with Gasteiger partial charge in [-0.1, -0.05) is 44.7 Å². The molecular formula is C24H26F6O. The Labute approximate surface area is 178 Å². The number of unbranched alkanes of at least 4 members (excludes halogenated alkanes) is 4. The van der Waals surface area contributed by atoms with E-state index in [1.54, 1.807) is 6.07 Å². The highest BCUT2D eigenvalue weighted by molar-refractivity contribution is 5.42. The van der Waals surface area contributed by atoms with Crippen molar-refractivity contribution in [2.24, 2.45) is 0 Å². The van der Waals surface area contributed by atoms with Crippen LogP contribution in [0, 0.1) is 17.5 Å². The first-order valence-corrected chi connectivity index (χ1v) is 10.7. The van der Waals surface area contributed by atoms with E-state index in [1.165, 1.54) is 18.9 Å². The van der Waals surface area contributed by atoms with Gasteiger partial charge in [-0.15, -0.1) is 13.2 Å². The van der Waals surface area contributed by atoms with Crippen LogP contribution in [0.1, 0.15) is 73.6 Å². The lowest BCUT2D eigenvalue weighted by Crippen LogP contribution is -2.21. The van der Waals surface area contributed by atoms with Gasteiger partial charge < -0.3 is 4.74 Å². The quantitative estimate of drug-likeness (QED) is 0.298. The molecule has 31 heavy (non-hydrogen) atoms. The van der Waals surface area contributed by atoms with E-state index in [4.69, 9.17) is 0 Å². The highest BCUT2D eigenvalue weighted by atomic mass is 19.4. The van der Waals surface area contributed by atoms with Crippen molar-refractivity contribution in [2.75, 3.05) is 0 Å². The SMILES string of the molecule is CCCCCCCc1ccc(C2CCc3c(cc(F)c(OC(F)(F)F)c3F)C2)c(F)c1. The first-order chi connectivity index (χ1) is 14.7. The average Bonchev–Trinajstić information content (AvgIpc) is 2.70. The van der Waals surface area contributed by atoms with E-state index in [9.17, 15) is 26.3 Å². The molecule has 0 bridgehead atoms. The molecule has 2 aromatic carbocycles.